The molecule has 2 aromatic carbocycles. The average Bonchev–Trinajstić information content (AvgIpc) is 2.97. The molecule has 0 aliphatic carbocycles. The second kappa shape index (κ2) is 7.21. The highest BCUT2D eigenvalue weighted by molar-refractivity contribution is 9.10. The molecule has 132 valence electrons. The second-order valence-corrected chi connectivity index (χ2v) is 8.11. The van der Waals surface area contributed by atoms with Crippen molar-refractivity contribution >= 4 is 39.0 Å². The minimum atomic E-state index is 0.0172. The molecule has 1 aromatic heterocycles. The Hall–Kier alpha value is -2.18. The van der Waals surface area contributed by atoms with Crippen LogP contribution in [0.2, 0.25) is 0 Å². The van der Waals surface area contributed by atoms with E-state index < -0.39 is 0 Å². The third-order valence-electron chi connectivity index (χ3n) is 4.43. The molecule has 0 saturated carbocycles. The summed E-state index contributed by atoms with van der Waals surface area (Å²) in [4.78, 5) is 20.3. The average molecular weight is 428 g/mol. The van der Waals surface area contributed by atoms with Gasteiger partial charge in [-0.3, -0.25) is 9.36 Å². The van der Waals surface area contributed by atoms with Gasteiger partial charge in [-0.2, -0.15) is 0 Å². The summed E-state index contributed by atoms with van der Waals surface area (Å²) >= 11 is 4.92. The summed E-state index contributed by atoms with van der Waals surface area (Å²) in [6.45, 7) is 3.25. The van der Waals surface area contributed by atoms with Crippen molar-refractivity contribution < 1.29 is 0 Å². The van der Waals surface area contributed by atoms with Gasteiger partial charge in [-0.05, 0) is 47.9 Å². The van der Waals surface area contributed by atoms with Crippen LogP contribution in [0, 0.1) is 0 Å². The minimum Gasteiger partial charge on any atom is -0.334 e. The molecular formula is C20H18BrN3OS. The number of hydrogen-bond acceptors (Lipinski definition) is 4. The topological polar surface area (TPSA) is 37.6 Å². The van der Waals surface area contributed by atoms with Gasteiger partial charge in [0.15, 0.2) is 4.80 Å². The van der Waals surface area contributed by atoms with E-state index in [4.69, 9.17) is 0 Å². The largest absolute Gasteiger partial charge is 0.334 e. The van der Waals surface area contributed by atoms with E-state index in [0.29, 0.717) is 17.9 Å². The van der Waals surface area contributed by atoms with Crippen LogP contribution < -0.4 is 19.8 Å². The Morgan fingerprint density at radius 3 is 2.77 bits per heavy atom. The van der Waals surface area contributed by atoms with E-state index in [1.807, 2.05) is 30.3 Å². The number of fused-ring (bicyclic) bond motifs is 1. The summed E-state index contributed by atoms with van der Waals surface area (Å²) in [6.07, 6.45) is 2.95. The van der Waals surface area contributed by atoms with Crippen molar-refractivity contribution in [3.63, 3.8) is 0 Å². The van der Waals surface area contributed by atoms with Crippen molar-refractivity contribution in [3.05, 3.63) is 83.8 Å². The predicted octanol–water partition coefficient (Wildman–Crippen LogP) is 3.12. The lowest BCUT2D eigenvalue weighted by Gasteiger charge is -2.25. The van der Waals surface area contributed by atoms with Crippen molar-refractivity contribution in [2.75, 3.05) is 11.6 Å². The summed E-state index contributed by atoms with van der Waals surface area (Å²) in [5.41, 5.74) is 3.42. The third kappa shape index (κ3) is 3.39. The van der Waals surface area contributed by atoms with Crippen LogP contribution in [0.4, 0.5) is 5.69 Å². The van der Waals surface area contributed by atoms with Crippen LogP contribution in [0.1, 0.15) is 18.1 Å². The Bertz CT molecular complexity index is 1120. The predicted molar refractivity (Wildman–Crippen MR) is 110 cm³/mol. The van der Waals surface area contributed by atoms with Crippen LogP contribution in [0.3, 0.4) is 0 Å². The van der Waals surface area contributed by atoms with Gasteiger partial charge in [0.05, 0.1) is 4.53 Å². The van der Waals surface area contributed by atoms with E-state index in [2.05, 4.69) is 57.0 Å². The SMILES string of the molecule is CCc1ccc(N2CN=c3s/c(=C\c4cccc(Br)c4)c(=O)n3C2)cc1. The van der Waals surface area contributed by atoms with E-state index in [9.17, 15) is 4.79 Å². The van der Waals surface area contributed by atoms with Gasteiger partial charge < -0.3 is 4.90 Å². The maximum absolute atomic E-state index is 12.8. The highest BCUT2D eigenvalue weighted by Crippen LogP contribution is 2.17. The van der Waals surface area contributed by atoms with E-state index in [-0.39, 0.29) is 5.56 Å². The summed E-state index contributed by atoms with van der Waals surface area (Å²) in [6, 6.07) is 16.4. The van der Waals surface area contributed by atoms with Crippen LogP contribution in [-0.4, -0.2) is 11.2 Å². The first-order valence-corrected chi connectivity index (χ1v) is 10.1. The Morgan fingerprint density at radius 2 is 2.04 bits per heavy atom. The highest BCUT2D eigenvalue weighted by atomic mass is 79.9. The number of aromatic nitrogens is 1. The summed E-state index contributed by atoms with van der Waals surface area (Å²) < 4.78 is 3.47. The minimum absolute atomic E-state index is 0.0172. The highest BCUT2D eigenvalue weighted by Gasteiger charge is 2.15. The van der Waals surface area contributed by atoms with Gasteiger partial charge in [-0.15, -0.1) is 0 Å². The van der Waals surface area contributed by atoms with Crippen molar-refractivity contribution in [3.8, 4) is 0 Å². The lowest BCUT2D eigenvalue weighted by Crippen LogP contribution is -2.42. The normalized spacial score (nSPS) is 14.2. The van der Waals surface area contributed by atoms with Crippen LogP contribution in [0.5, 0.6) is 0 Å². The Balaban J connectivity index is 1.68. The monoisotopic (exact) mass is 427 g/mol. The molecule has 0 spiro atoms. The van der Waals surface area contributed by atoms with Crippen LogP contribution in [0.25, 0.3) is 6.08 Å². The van der Waals surface area contributed by atoms with E-state index in [0.717, 1.165) is 26.9 Å². The molecule has 3 aromatic rings. The first kappa shape index (κ1) is 17.2. The Kier molecular flexibility index (Phi) is 4.78. The lowest BCUT2D eigenvalue weighted by molar-refractivity contribution is 0.569. The fourth-order valence-corrected chi connectivity index (χ4v) is 4.34. The molecule has 0 N–H and O–H groups in total. The molecule has 0 bridgehead atoms. The first-order chi connectivity index (χ1) is 12.6. The van der Waals surface area contributed by atoms with E-state index >= 15 is 0 Å². The molecule has 1 aliphatic heterocycles. The smallest absolute Gasteiger partial charge is 0.271 e. The number of thiazole rings is 1. The standard InChI is InChI=1S/C20H18BrN3OS/c1-2-14-6-8-17(9-7-14)23-12-22-20-24(13-23)19(25)18(26-20)11-15-4-3-5-16(21)10-15/h3-11H,2,12-13H2,1H3/b18-11-. The molecule has 6 heteroatoms. The van der Waals surface area contributed by atoms with Gasteiger partial charge in [-0.25, -0.2) is 4.99 Å². The van der Waals surface area contributed by atoms with Gasteiger partial charge in [0.1, 0.15) is 13.3 Å². The van der Waals surface area contributed by atoms with Crippen LogP contribution in [0.15, 0.2) is 62.8 Å². The molecule has 0 fully saturated rings. The van der Waals surface area contributed by atoms with Crippen LogP contribution >= 0.6 is 27.3 Å². The number of aryl methyl sites for hydroxylation is 1. The molecule has 0 saturated heterocycles. The zero-order valence-electron chi connectivity index (χ0n) is 14.4. The number of anilines is 1. The van der Waals surface area contributed by atoms with E-state index in [1.165, 1.54) is 16.9 Å². The zero-order chi connectivity index (χ0) is 18.1. The fourth-order valence-electron chi connectivity index (χ4n) is 2.97. The first-order valence-electron chi connectivity index (χ1n) is 8.49. The molecule has 26 heavy (non-hydrogen) atoms. The number of hydrogen-bond donors (Lipinski definition) is 0. The second-order valence-electron chi connectivity index (χ2n) is 6.18. The molecule has 0 atom stereocenters. The van der Waals surface area contributed by atoms with Gasteiger partial charge in [0.25, 0.3) is 5.56 Å². The van der Waals surface area contributed by atoms with Gasteiger partial charge >= 0.3 is 0 Å². The molecule has 2 heterocycles. The Morgan fingerprint density at radius 1 is 1.23 bits per heavy atom. The number of benzene rings is 2. The van der Waals surface area contributed by atoms with Crippen LogP contribution in [-0.2, 0) is 13.1 Å². The number of nitrogens with zero attached hydrogens (tertiary/aromatic N) is 3. The number of halogens is 1. The summed E-state index contributed by atoms with van der Waals surface area (Å²) in [7, 11) is 0. The van der Waals surface area contributed by atoms with Crippen molar-refractivity contribution in [2.24, 2.45) is 4.99 Å². The zero-order valence-corrected chi connectivity index (χ0v) is 16.8. The van der Waals surface area contributed by atoms with Gasteiger partial charge in [0.2, 0.25) is 0 Å². The van der Waals surface area contributed by atoms with Gasteiger partial charge in [-0.1, -0.05) is 58.5 Å². The van der Waals surface area contributed by atoms with Crippen molar-refractivity contribution in [2.45, 2.75) is 20.0 Å². The summed E-state index contributed by atoms with van der Waals surface area (Å²) in [5.74, 6) is 0. The molecule has 0 unspecified atom stereocenters. The molecular weight excluding hydrogens is 410 g/mol. The summed E-state index contributed by atoms with van der Waals surface area (Å²) in [5, 5.41) is 0. The molecule has 1 aliphatic rings. The molecule has 0 amide bonds. The molecule has 4 rings (SSSR count). The lowest BCUT2D eigenvalue weighted by atomic mass is 10.1. The molecule has 4 nitrogen and oxygen atoms in total. The maximum Gasteiger partial charge on any atom is 0.271 e. The maximum atomic E-state index is 12.8. The molecule has 0 radical (unpaired) electrons. The quantitative estimate of drug-likeness (QED) is 0.643. The Labute approximate surface area is 163 Å². The van der Waals surface area contributed by atoms with E-state index in [1.54, 1.807) is 4.57 Å². The van der Waals surface area contributed by atoms with Crippen molar-refractivity contribution in [1.82, 2.24) is 4.57 Å². The fraction of sp³-hybridized carbons (Fsp3) is 0.200. The number of rotatable bonds is 3. The van der Waals surface area contributed by atoms with Crippen molar-refractivity contribution in [1.29, 1.82) is 0 Å². The third-order valence-corrected chi connectivity index (χ3v) is 5.97. The van der Waals surface area contributed by atoms with Gasteiger partial charge in [0, 0.05) is 10.2 Å².